The third-order valence-corrected chi connectivity index (χ3v) is 3.00. The average Bonchev–Trinajstić information content (AvgIpc) is 2.08. The number of carbonyl (C=O) groups is 1. The Labute approximate surface area is 95.6 Å². The monoisotopic (exact) mass is 276 g/mol. The molecule has 0 aliphatic heterocycles. The minimum atomic E-state index is -3.31. The van der Waals surface area contributed by atoms with Gasteiger partial charge < -0.3 is 0 Å². The highest BCUT2D eigenvalue weighted by atomic mass is 79.9. The number of ketones is 1. The van der Waals surface area contributed by atoms with E-state index >= 15 is 0 Å². The Morgan fingerprint density at radius 3 is 2.27 bits per heavy atom. The Balaban J connectivity index is 3.28. The normalized spacial score (nSPS) is 11.6. The van der Waals surface area contributed by atoms with Gasteiger partial charge in [-0.05, 0) is 37.1 Å². The van der Waals surface area contributed by atoms with Crippen LogP contribution in [0.25, 0.3) is 0 Å². The second-order valence-corrected chi connectivity index (χ2v) is 4.49. The zero-order valence-corrected chi connectivity index (χ0v) is 10.3. The summed E-state index contributed by atoms with van der Waals surface area (Å²) >= 11 is 3.28. The Hall–Kier alpha value is -0.770. The number of hydrogen-bond donors (Lipinski definition) is 0. The largest absolute Gasteiger partial charge is 0.307 e. The topological polar surface area (TPSA) is 17.1 Å². The summed E-state index contributed by atoms with van der Waals surface area (Å²) in [6, 6.07) is 3.16. The highest BCUT2D eigenvalue weighted by Crippen LogP contribution is 2.26. The smallest absolute Gasteiger partial charge is 0.287 e. The first-order valence-electron chi connectivity index (χ1n) is 4.43. The van der Waals surface area contributed by atoms with Gasteiger partial charge in [0.1, 0.15) is 0 Å². The summed E-state index contributed by atoms with van der Waals surface area (Å²) in [4.78, 5) is 11.4. The van der Waals surface area contributed by atoms with Gasteiger partial charge in [-0.15, -0.1) is 0 Å². The first-order chi connectivity index (χ1) is 6.73. The number of rotatable bonds is 2. The van der Waals surface area contributed by atoms with Gasteiger partial charge in [0.15, 0.2) is 0 Å². The maximum atomic E-state index is 12.9. The van der Waals surface area contributed by atoms with Crippen molar-refractivity contribution in [2.45, 2.75) is 26.7 Å². The van der Waals surface area contributed by atoms with Crippen LogP contribution in [0.1, 0.15) is 28.4 Å². The zero-order chi connectivity index (χ0) is 11.8. The molecule has 0 N–H and O–H groups in total. The van der Waals surface area contributed by atoms with Crippen molar-refractivity contribution in [2.75, 3.05) is 0 Å². The van der Waals surface area contributed by atoms with Crippen molar-refractivity contribution < 1.29 is 13.6 Å². The lowest BCUT2D eigenvalue weighted by Crippen LogP contribution is -2.25. The van der Waals surface area contributed by atoms with Crippen molar-refractivity contribution in [3.05, 3.63) is 33.3 Å². The van der Waals surface area contributed by atoms with E-state index in [1.54, 1.807) is 19.9 Å². The van der Waals surface area contributed by atoms with Crippen molar-refractivity contribution in [3.63, 3.8) is 0 Å². The molecule has 1 nitrogen and oxygen atoms in total. The lowest BCUT2D eigenvalue weighted by atomic mass is 9.99. The third-order valence-electron chi connectivity index (χ3n) is 2.15. The van der Waals surface area contributed by atoms with Gasteiger partial charge in [0, 0.05) is 17.0 Å². The molecule has 0 heterocycles. The number of aryl methyl sites for hydroxylation is 2. The van der Waals surface area contributed by atoms with Crippen LogP contribution in [0.15, 0.2) is 16.6 Å². The van der Waals surface area contributed by atoms with Gasteiger partial charge in [-0.2, -0.15) is 8.78 Å². The molecular weight excluding hydrogens is 266 g/mol. The van der Waals surface area contributed by atoms with Gasteiger partial charge in [0.2, 0.25) is 5.78 Å². The molecule has 0 atom stereocenters. The Bertz CT molecular complexity index is 408. The van der Waals surface area contributed by atoms with Crippen LogP contribution in [-0.4, -0.2) is 11.7 Å². The van der Waals surface area contributed by atoms with E-state index in [1.807, 2.05) is 0 Å². The minimum absolute atomic E-state index is 0.0863. The number of Topliss-reactive ketones (excluding diaryl/α,β-unsaturated/α-hetero) is 1. The van der Waals surface area contributed by atoms with Gasteiger partial charge in [-0.3, -0.25) is 4.79 Å². The molecule has 4 heteroatoms. The fourth-order valence-electron chi connectivity index (χ4n) is 1.26. The molecule has 0 unspecified atom stereocenters. The van der Waals surface area contributed by atoms with Crippen LogP contribution in [0.3, 0.4) is 0 Å². The highest BCUT2D eigenvalue weighted by Gasteiger charge is 2.34. The van der Waals surface area contributed by atoms with Gasteiger partial charge in [-0.1, -0.05) is 15.9 Å². The number of hydrogen-bond acceptors (Lipinski definition) is 1. The lowest BCUT2D eigenvalue weighted by molar-refractivity contribution is 0.0221. The number of halogens is 3. The van der Waals surface area contributed by atoms with Gasteiger partial charge >= 0.3 is 5.92 Å². The first-order valence-corrected chi connectivity index (χ1v) is 5.22. The van der Waals surface area contributed by atoms with E-state index in [-0.39, 0.29) is 5.56 Å². The molecule has 0 amide bonds. The Kier molecular flexibility index (Phi) is 3.28. The minimum Gasteiger partial charge on any atom is -0.287 e. The van der Waals surface area contributed by atoms with Crippen LogP contribution in [-0.2, 0) is 0 Å². The van der Waals surface area contributed by atoms with Crippen molar-refractivity contribution >= 4 is 21.7 Å². The molecule has 82 valence electrons. The second-order valence-electron chi connectivity index (χ2n) is 3.63. The van der Waals surface area contributed by atoms with Crippen LogP contribution >= 0.6 is 15.9 Å². The molecule has 0 aromatic heterocycles. The molecular formula is C11H11BrF2O. The maximum Gasteiger partial charge on any atom is 0.307 e. The summed E-state index contributed by atoms with van der Waals surface area (Å²) in [5, 5.41) is 0. The van der Waals surface area contributed by atoms with E-state index in [9.17, 15) is 13.6 Å². The van der Waals surface area contributed by atoms with E-state index in [1.165, 1.54) is 6.07 Å². The van der Waals surface area contributed by atoms with Crippen LogP contribution in [0.2, 0.25) is 0 Å². The molecule has 0 radical (unpaired) electrons. The van der Waals surface area contributed by atoms with E-state index in [2.05, 4.69) is 15.9 Å². The second kappa shape index (κ2) is 4.00. The third kappa shape index (κ3) is 2.62. The molecule has 0 saturated heterocycles. The van der Waals surface area contributed by atoms with E-state index in [0.29, 0.717) is 12.5 Å². The SMILES string of the molecule is Cc1cc(C(=O)C(C)(F)F)c(C)cc1Br. The molecule has 1 rings (SSSR count). The first kappa shape index (κ1) is 12.3. The van der Waals surface area contributed by atoms with Crippen molar-refractivity contribution in [2.24, 2.45) is 0 Å². The Morgan fingerprint density at radius 1 is 1.27 bits per heavy atom. The molecule has 0 bridgehead atoms. The van der Waals surface area contributed by atoms with Crippen LogP contribution in [0.5, 0.6) is 0 Å². The number of alkyl halides is 2. The summed E-state index contributed by atoms with van der Waals surface area (Å²) in [5.41, 5.74) is 1.41. The zero-order valence-electron chi connectivity index (χ0n) is 8.70. The molecule has 1 aromatic rings. The molecule has 0 aliphatic rings. The van der Waals surface area contributed by atoms with Crippen LogP contribution in [0, 0.1) is 13.8 Å². The molecule has 0 saturated carbocycles. The standard InChI is InChI=1S/C11H11BrF2O/c1-6-5-9(12)7(2)4-8(6)10(15)11(3,13)14/h4-5H,1-3H3. The highest BCUT2D eigenvalue weighted by molar-refractivity contribution is 9.10. The van der Waals surface area contributed by atoms with Crippen LogP contribution in [0.4, 0.5) is 8.78 Å². The predicted octanol–water partition coefficient (Wildman–Crippen LogP) is 3.90. The van der Waals surface area contributed by atoms with Gasteiger partial charge in [0.25, 0.3) is 0 Å². The molecule has 0 spiro atoms. The molecule has 15 heavy (non-hydrogen) atoms. The van der Waals surface area contributed by atoms with Crippen molar-refractivity contribution in [3.8, 4) is 0 Å². The maximum absolute atomic E-state index is 12.9. The summed E-state index contributed by atoms with van der Waals surface area (Å²) in [5.74, 6) is -4.44. The molecule has 0 fully saturated rings. The molecule has 1 aromatic carbocycles. The summed E-state index contributed by atoms with van der Waals surface area (Å²) in [7, 11) is 0. The quantitative estimate of drug-likeness (QED) is 0.749. The Morgan fingerprint density at radius 2 is 1.80 bits per heavy atom. The van der Waals surface area contributed by atoms with Crippen LogP contribution < -0.4 is 0 Å². The lowest BCUT2D eigenvalue weighted by Gasteiger charge is -2.12. The van der Waals surface area contributed by atoms with Crippen molar-refractivity contribution in [1.82, 2.24) is 0 Å². The average molecular weight is 277 g/mol. The van der Waals surface area contributed by atoms with Gasteiger partial charge in [-0.25, -0.2) is 0 Å². The van der Waals surface area contributed by atoms with Crippen molar-refractivity contribution in [1.29, 1.82) is 0 Å². The van der Waals surface area contributed by atoms with E-state index in [0.717, 1.165) is 10.0 Å². The summed E-state index contributed by atoms with van der Waals surface area (Å²) in [6.07, 6.45) is 0. The van der Waals surface area contributed by atoms with E-state index in [4.69, 9.17) is 0 Å². The molecule has 0 aliphatic carbocycles. The number of benzene rings is 1. The summed E-state index contributed by atoms with van der Waals surface area (Å²) in [6.45, 7) is 4.02. The van der Waals surface area contributed by atoms with Gasteiger partial charge in [0.05, 0.1) is 0 Å². The fraction of sp³-hybridized carbons (Fsp3) is 0.364. The fourth-order valence-corrected chi connectivity index (χ4v) is 1.72. The predicted molar refractivity (Wildman–Crippen MR) is 58.6 cm³/mol. The number of carbonyl (C=O) groups excluding carboxylic acids is 1. The summed E-state index contributed by atoms with van der Waals surface area (Å²) < 4.78 is 26.5. The van der Waals surface area contributed by atoms with E-state index < -0.39 is 11.7 Å².